The number of thioether (sulfide) groups is 1. The van der Waals surface area contributed by atoms with Gasteiger partial charge in [-0.05, 0) is 55.1 Å². The van der Waals surface area contributed by atoms with Crippen molar-refractivity contribution in [3.05, 3.63) is 77.8 Å². The maximum Gasteiger partial charge on any atom is 0.421 e. The highest BCUT2D eigenvalue weighted by Crippen LogP contribution is 2.29. The number of benzene rings is 2. The molecule has 0 aliphatic heterocycles. The van der Waals surface area contributed by atoms with E-state index in [4.69, 9.17) is 4.74 Å². The molecule has 3 aromatic rings. The minimum atomic E-state index is -4.20. The summed E-state index contributed by atoms with van der Waals surface area (Å²) in [5.41, 5.74) is 2.08. The number of nitrogens with one attached hydrogen (secondary N) is 1. The van der Waals surface area contributed by atoms with Gasteiger partial charge in [-0.3, -0.25) is 0 Å². The maximum atomic E-state index is 13.2. The molecule has 9 nitrogen and oxygen atoms in total. The number of nitrogens with zero attached hydrogens (tertiary/aromatic N) is 2. The highest BCUT2D eigenvalue weighted by atomic mass is 32.2. The molecular weight excluding hydrogens is 562 g/mol. The molecule has 1 heterocycles. The lowest BCUT2D eigenvalue weighted by atomic mass is 9.95. The summed E-state index contributed by atoms with van der Waals surface area (Å²) >= 11 is 1.31. The molecule has 2 aromatic carbocycles. The van der Waals surface area contributed by atoms with Crippen LogP contribution in [0.2, 0.25) is 0 Å². The van der Waals surface area contributed by atoms with Crippen LogP contribution >= 0.6 is 11.8 Å². The van der Waals surface area contributed by atoms with E-state index in [-0.39, 0.29) is 23.1 Å². The number of unbranched alkanes of at least 4 members (excludes halogenated alkanes) is 1. The zero-order chi connectivity index (χ0) is 29.4. The van der Waals surface area contributed by atoms with Crippen molar-refractivity contribution in [2.24, 2.45) is 5.92 Å². The van der Waals surface area contributed by atoms with Crippen LogP contribution in [0.25, 0.3) is 11.1 Å². The number of carbonyl (C=O) groups is 2. The van der Waals surface area contributed by atoms with E-state index in [0.717, 1.165) is 43.5 Å². The van der Waals surface area contributed by atoms with Crippen LogP contribution in [0.5, 0.6) is 0 Å². The second kappa shape index (κ2) is 13.9. The number of sulfonamides is 1. The summed E-state index contributed by atoms with van der Waals surface area (Å²) in [5.74, 6) is -0.114. The number of amides is 1. The second-order valence-electron chi connectivity index (χ2n) is 9.93. The average Bonchev–Trinajstić information content (AvgIpc) is 3.33. The van der Waals surface area contributed by atoms with Crippen LogP contribution in [0.3, 0.4) is 0 Å². The Hall–Kier alpha value is -3.57. The minimum Gasteiger partial charge on any atom is -0.476 e. The van der Waals surface area contributed by atoms with Crippen LogP contribution in [0.15, 0.2) is 70.6 Å². The van der Waals surface area contributed by atoms with Gasteiger partial charge in [-0.25, -0.2) is 27.7 Å². The predicted molar refractivity (Wildman–Crippen MR) is 159 cm³/mol. The van der Waals surface area contributed by atoms with Crippen LogP contribution in [-0.4, -0.2) is 48.0 Å². The number of carboxylic acid groups (broad SMARTS) is 1. The summed E-state index contributed by atoms with van der Waals surface area (Å²) in [6.07, 6.45) is 10.1. The van der Waals surface area contributed by atoms with Gasteiger partial charge in [0.15, 0.2) is 5.69 Å². The Bertz CT molecular complexity index is 1510. The summed E-state index contributed by atoms with van der Waals surface area (Å²) < 4.78 is 35.3. The quantitative estimate of drug-likeness (QED) is 0.188. The number of hydrogen-bond donors (Lipinski definition) is 2. The van der Waals surface area contributed by atoms with Crippen molar-refractivity contribution in [2.45, 2.75) is 61.9 Å². The lowest BCUT2D eigenvalue weighted by molar-refractivity contribution is 0.0681. The number of carbonyl (C=O) groups excluding carboxylic acids is 1. The molecule has 2 N–H and O–H groups in total. The molecule has 11 heteroatoms. The summed E-state index contributed by atoms with van der Waals surface area (Å²) in [5, 5.41) is 10.4. The standard InChI is InChI=1S/C30H35N3O6S2/c1-3-4-14-26-31-28(40-2)27(29(34)35)33(26)19-21-15-17-23(18-16-21)24-12-8-9-13-25(24)41(37,38)32-30(36)39-20-22-10-6-5-7-11-22/h5-6,8-9,12-13,15-18,22H,3-4,7,10-11,14,19-20H2,1-2H3,(H,32,36)(H,34,35). The Morgan fingerprint density at radius 3 is 2.56 bits per heavy atom. The molecule has 1 aromatic heterocycles. The van der Waals surface area contributed by atoms with Gasteiger partial charge in [-0.2, -0.15) is 0 Å². The van der Waals surface area contributed by atoms with Crippen molar-refractivity contribution in [2.75, 3.05) is 12.9 Å². The molecule has 218 valence electrons. The average molecular weight is 598 g/mol. The second-order valence-corrected chi connectivity index (χ2v) is 12.4. The fraction of sp³-hybridized carbons (Fsp3) is 0.367. The van der Waals surface area contributed by atoms with E-state index >= 15 is 0 Å². The van der Waals surface area contributed by atoms with E-state index in [2.05, 4.69) is 18.0 Å². The Labute approximate surface area is 245 Å². The van der Waals surface area contributed by atoms with Crippen LogP contribution in [0.4, 0.5) is 4.79 Å². The van der Waals surface area contributed by atoms with E-state index < -0.39 is 22.1 Å². The molecule has 0 fully saturated rings. The van der Waals surface area contributed by atoms with Gasteiger partial charge < -0.3 is 14.4 Å². The fourth-order valence-corrected chi connectivity index (χ4v) is 6.54. The third kappa shape index (κ3) is 7.59. The van der Waals surface area contributed by atoms with Crippen molar-refractivity contribution in [3.63, 3.8) is 0 Å². The summed E-state index contributed by atoms with van der Waals surface area (Å²) in [7, 11) is -4.20. The monoisotopic (exact) mass is 597 g/mol. The normalized spacial score (nSPS) is 15.0. The van der Waals surface area contributed by atoms with Crippen molar-refractivity contribution in [3.8, 4) is 11.1 Å². The van der Waals surface area contributed by atoms with Gasteiger partial charge in [-0.15, -0.1) is 11.8 Å². The van der Waals surface area contributed by atoms with Gasteiger partial charge in [0.1, 0.15) is 10.9 Å². The first-order valence-corrected chi connectivity index (χ1v) is 16.3. The number of ether oxygens (including phenoxy) is 1. The first-order chi connectivity index (χ1) is 19.7. The molecular formula is C30H35N3O6S2. The van der Waals surface area contributed by atoms with E-state index in [1.165, 1.54) is 17.8 Å². The number of aryl methyl sites for hydroxylation is 1. The third-order valence-corrected chi connectivity index (χ3v) is 9.03. The predicted octanol–water partition coefficient (Wildman–Crippen LogP) is 6.13. The molecule has 1 aliphatic rings. The van der Waals surface area contributed by atoms with Gasteiger partial charge >= 0.3 is 12.1 Å². The zero-order valence-electron chi connectivity index (χ0n) is 23.2. The number of aromatic carboxylic acids is 1. The van der Waals surface area contributed by atoms with E-state index in [1.807, 2.05) is 29.2 Å². The number of rotatable bonds is 12. The van der Waals surface area contributed by atoms with Gasteiger partial charge in [-0.1, -0.05) is 68.0 Å². The zero-order valence-corrected chi connectivity index (χ0v) is 24.8. The molecule has 1 atom stereocenters. The number of carboxylic acids is 1. The van der Waals surface area contributed by atoms with Crippen LogP contribution < -0.4 is 4.72 Å². The molecule has 0 spiro atoms. The fourth-order valence-electron chi connectivity index (χ4n) is 4.83. The lowest BCUT2D eigenvalue weighted by Gasteiger charge is -2.18. The van der Waals surface area contributed by atoms with E-state index in [9.17, 15) is 23.1 Å². The minimum absolute atomic E-state index is 0.0421. The maximum absolute atomic E-state index is 13.2. The summed E-state index contributed by atoms with van der Waals surface area (Å²) in [6.45, 7) is 2.55. The molecule has 41 heavy (non-hydrogen) atoms. The van der Waals surface area contributed by atoms with Crippen molar-refractivity contribution in [1.82, 2.24) is 14.3 Å². The van der Waals surface area contributed by atoms with Crippen molar-refractivity contribution in [1.29, 1.82) is 0 Å². The SMILES string of the molecule is CCCCc1nc(SC)c(C(=O)O)n1Cc1ccc(-c2ccccc2S(=O)(=O)NC(=O)OCC2CC=CCC2)cc1. The van der Waals surface area contributed by atoms with E-state index in [1.54, 1.807) is 34.9 Å². The topological polar surface area (TPSA) is 128 Å². The van der Waals surface area contributed by atoms with Crippen LogP contribution in [0.1, 0.15) is 60.9 Å². The molecule has 1 unspecified atom stereocenters. The van der Waals surface area contributed by atoms with Crippen LogP contribution in [-0.2, 0) is 27.7 Å². The molecule has 0 bridgehead atoms. The molecule has 0 saturated heterocycles. The smallest absolute Gasteiger partial charge is 0.421 e. The largest absolute Gasteiger partial charge is 0.476 e. The molecule has 0 radical (unpaired) electrons. The number of hydrogen-bond acceptors (Lipinski definition) is 7. The molecule has 4 rings (SSSR count). The Morgan fingerprint density at radius 1 is 1.15 bits per heavy atom. The number of allylic oxidation sites excluding steroid dienone is 2. The summed E-state index contributed by atoms with van der Waals surface area (Å²) in [4.78, 5) is 29.0. The van der Waals surface area contributed by atoms with Crippen molar-refractivity contribution < 1.29 is 27.9 Å². The van der Waals surface area contributed by atoms with Crippen LogP contribution in [0, 0.1) is 5.92 Å². The van der Waals surface area contributed by atoms with Gasteiger partial charge in [0.25, 0.3) is 10.0 Å². The van der Waals surface area contributed by atoms with Crippen molar-refractivity contribution >= 4 is 33.8 Å². The van der Waals surface area contributed by atoms with Gasteiger partial charge in [0, 0.05) is 18.5 Å². The van der Waals surface area contributed by atoms with E-state index in [0.29, 0.717) is 29.1 Å². The lowest BCUT2D eigenvalue weighted by Crippen LogP contribution is -2.32. The van der Waals surface area contributed by atoms with Gasteiger partial charge in [0.2, 0.25) is 0 Å². The van der Waals surface area contributed by atoms with Gasteiger partial charge in [0.05, 0.1) is 11.5 Å². The highest BCUT2D eigenvalue weighted by molar-refractivity contribution is 7.98. The Kier molecular flexibility index (Phi) is 10.3. The third-order valence-electron chi connectivity index (χ3n) is 6.99. The first kappa shape index (κ1) is 30.4. The molecule has 1 aliphatic carbocycles. The number of aromatic nitrogens is 2. The Balaban J connectivity index is 1.53. The number of imidazole rings is 1. The first-order valence-electron chi connectivity index (χ1n) is 13.6. The molecule has 0 saturated carbocycles. The summed E-state index contributed by atoms with van der Waals surface area (Å²) in [6, 6.07) is 13.7. The molecule has 1 amide bonds. The highest BCUT2D eigenvalue weighted by Gasteiger charge is 2.24. The Morgan fingerprint density at radius 2 is 1.90 bits per heavy atom.